The Morgan fingerprint density at radius 1 is 1.00 bits per heavy atom. The van der Waals surface area contributed by atoms with Crippen molar-refractivity contribution in [2.75, 3.05) is 0 Å². The molecule has 3 aromatic rings. The minimum absolute atomic E-state index is 0.705. The van der Waals surface area contributed by atoms with Gasteiger partial charge in [0.2, 0.25) is 0 Å². The van der Waals surface area contributed by atoms with E-state index < -0.39 is 0 Å². The van der Waals surface area contributed by atoms with Crippen LogP contribution in [-0.2, 0) is 0 Å². The largest absolute Gasteiger partial charge is 0.259 e. The number of H-pyrrole nitrogens is 1. The topological polar surface area (TPSA) is 41.6 Å². The normalized spacial score (nSPS) is 10.6. The van der Waals surface area contributed by atoms with Crippen molar-refractivity contribution in [3.8, 4) is 22.8 Å². The standard InChI is InChI=1S/C15H12BrN3/c1-10-5-7-11(8-6-10)14-17-15(19-18-14)12-3-2-4-13(16)9-12/h2-9H,1H3,(H,17,18,19). The van der Waals surface area contributed by atoms with Gasteiger partial charge in [-0.2, -0.15) is 5.10 Å². The number of hydrogen-bond donors (Lipinski definition) is 1. The molecule has 94 valence electrons. The van der Waals surface area contributed by atoms with Crippen LogP contribution in [0.15, 0.2) is 53.0 Å². The molecule has 0 spiro atoms. The van der Waals surface area contributed by atoms with Gasteiger partial charge in [0.25, 0.3) is 0 Å². The first-order chi connectivity index (χ1) is 9.22. The van der Waals surface area contributed by atoms with Crippen LogP contribution >= 0.6 is 15.9 Å². The molecule has 3 nitrogen and oxygen atoms in total. The van der Waals surface area contributed by atoms with E-state index in [1.54, 1.807) is 0 Å². The van der Waals surface area contributed by atoms with Crippen LogP contribution < -0.4 is 0 Å². The van der Waals surface area contributed by atoms with E-state index in [-0.39, 0.29) is 0 Å². The SMILES string of the molecule is Cc1ccc(-c2nc(-c3cccc(Br)c3)n[nH]2)cc1. The average molecular weight is 314 g/mol. The van der Waals surface area contributed by atoms with Gasteiger partial charge < -0.3 is 0 Å². The molecule has 0 amide bonds. The van der Waals surface area contributed by atoms with Gasteiger partial charge in [-0.05, 0) is 19.1 Å². The number of rotatable bonds is 2. The number of nitrogens with one attached hydrogen (secondary N) is 1. The van der Waals surface area contributed by atoms with E-state index in [0.29, 0.717) is 5.82 Å². The van der Waals surface area contributed by atoms with Gasteiger partial charge in [0.1, 0.15) is 0 Å². The van der Waals surface area contributed by atoms with Crippen molar-refractivity contribution in [3.63, 3.8) is 0 Å². The van der Waals surface area contributed by atoms with Crippen LogP contribution in [-0.4, -0.2) is 15.2 Å². The Balaban J connectivity index is 1.97. The minimum Gasteiger partial charge on any atom is -0.259 e. The summed E-state index contributed by atoms with van der Waals surface area (Å²) in [7, 11) is 0. The third kappa shape index (κ3) is 2.58. The maximum Gasteiger partial charge on any atom is 0.181 e. The van der Waals surface area contributed by atoms with Crippen molar-refractivity contribution < 1.29 is 0 Å². The van der Waals surface area contributed by atoms with E-state index in [2.05, 4.69) is 50.2 Å². The summed E-state index contributed by atoms with van der Waals surface area (Å²) in [6, 6.07) is 16.2. The highest BCUT2D eigenvalue weighted by Crippen LogP contribution is 2.22. The first-order valence-electron chi connectivity index (χ1n) is 5.98. The van der Waals surface area contributed by atoms with Crippen molar-refractivity contribution >= 4 is 15.9 Å². The van der Waals surface area contributed by atoms with Gasteiger partial charge in [0.05, 0.1) is 0 Å². The molecule has 1 aromatic heterocycles. The number of hydrogen-bond acceptors (Lipinski definition) is 2. The highest BCUT2D eigenvalue weighted by Gasteiger charge is 2.07. The molecule has 0 unspecified atom stereocenters. The molecular formula is C15H12BrN3. The Bertz CT molecular complexity index is 701. The molecule has 0 bridgehead atoms. The summed E-state index contributed by atoms with van der Waals surface area (Å²) in [5, 5.41) is 7.25. The van der Waals surface area contributed by atoms with Crippen molar-refractivity contribution in [2.24, 2.45) is 0 Å². The lowest BCUT2D eigenvalue weighted by molar-refractivity contribution is 1.10. The summed E-state index contributed by atoms with van der Waals surface area (Å²) < 4.78 is 1.02. The summed E-state index contributed by atoms with van der Waals surface area (Å²) in [4.78, 5) is 4.53. The summed E-state index contributed by atoms with van der Waals surface area (Å²) in [5.41, 5.74) is 3.26. The second kappa shape index (κ2) is 4.97. The third-order valence-electron chi connectivity index (χ3n) is 2.89. The second-order valence-corrected chi connectivity index (χ2v) is 5.30. The zero-order valence-electron chi connectivity index (χ0n) is 10.4. The van der Waals surface area contributed by atoms with Gasteiger partial charge in [-0.15, -0.1) is 0 Å². The fraction of sp³-hybridized carbons (Fsp3) is 0.0667. The van der Waals surface area contributed by atoms with Crippen LogP contribution in [0.3, 0.4) is 0 Å². The van der Waals surface area contributed by atoms with Crippen molar-refractivity contribution in [2.45, 2.75) is 6.92 Å². The smallest absolute Gasteiger partial charge is 0.181 e. The Kier molecular flexibility index (Phi) is 3.17. The molecule has 0 fully saturated rings. The minimum atomic E-state index is 0.705. The van der Waals surface area contributed by atoms with Crippen LogP contribution in [0.2, 0.25) is 0 Å². The molecule has 4 heteroatoms. The first-order valence-corrected chi connectivity index (χ1v) is 6.77. The average Bonchev–Trinajstić information content (AvgIpc) is 2.89. The highest BCUT2D eigenvalue weighted by atomic mass is 79.9. The number of aromatic amines is 1. The Morgan fingerprint density at radius 3 is 2.53 bits per heavy atom. The number of benzene rings is 2. The summed E-state index contributed by atoms with van der Waals surface area (Å²) in [6.07, 6.45) is 0. The predicted molar refractivity (Wildman–Crippen MR) is 79.7 cm³/mol. The van der Waals surface area contributed by atoms with Gasteiger partial charge in [-0.3, -0.25) is 5.10 Å². The number of aromatic nitrogens is 3. The van der Waals surface area contributed by atoms with Crippen molar-refractivity contribution in [3.05, 3.63) is 58.6 Å². The van der Waals surface area contributed by atoms with E-state index in [0.717, 1.165) is 21.4 Å². The van der Waals surface area contributed by atoms with E-state index in [1.165, 1.54) is 5.56 Å². The lowest BCUT2D eigenvalue weighted by atomic mass is 10.1. The molecule has 19 heavy (non-hydrogen) atoms. The molecule has 0 saturated heterocycles. The number of halogens is 1. The highest BCUT2D eigenvalue weighted by molar-refractivity contribution is 9.10. The van der Waals surface area contributed by atoms with Crippen LogP contribution in [0.5, 0.6) is 0 Å². The molecule has 0 aliphatic rings. The van der Waals surface area contributed by atoms with E-state index in [9.17, 15) is 0 Å². The Morgan fingerprint density at radius 2 is 1.79 bits per heavy atom. The quantitative estimate of drug-likeness (QED) is 0.770. The predicted octanol–water partition coefficient (Wildman–Crippen LogP) is 4.21. The van der Waals surface area contributed by atoms with Gasteiger partial charge in [-0.1, -0.05) is 57.9 Å². The van der Waals surface area contributed by atoms with Gasteiger partial charge >= 0.3 is 0 Å². The maximum absolute atomic E-state index is 4.53. The van der Waals surface area contributed by atoms with Crippen LogP contribution in [0.25, 0.3) is 22.8 Å². The van der Waals surface area contributed by atoms with Gasteiger partial charge in [0.15, 0.2) is 11.6 Å². The Hall–Kier alpha value is -1.94. The monoisotopic (exact) mass is 313 g/mol. The van der Waals surface area contributed by atoms with Crippen molar-refractivity contribution in [1.29, 1.82) is 0 Å². The fourth-order valence-corrected chi connectivity index (χ4v) is 2.26. The van der Waals surface area contributed by atoms with Gasteiger partial charge in [0, 0.05) is 15.6 Å². The molecule has 0 saturated carbocycles. The third-order valence-corrected chi connectivity index (χ3v) is 3.39. The maximum atomic E-state index is 4.53. The molecule has 0 aliphatic heterocycles. The summed E-state index contributed by atoms with van der Waals surface area (Å²) >= 11 is 3.45. The Labute approximate surface area is 119 Å². The molecule has 0 radical (unpaired) electrons. The molecule has 0 atom stereocenters. The summed E-state index contributed by atoms with van der Waals surface area (Å²) in [5.74, 6) is 1.49. The van der Waals surface area contributed by atoms with E-state index in [1.807, 2.05) is 36.4 Å². The molecule has 0 aliphatic carbocycles. The molecule has 3 rings (SSSR count). The van der Waals surface area contributed by atoms with Crippen molar-refractivity contribution in [1.82, 2.24) is 15.2 Å². The van der Waals surface area contributed by atoms with Crippen LogP contribution in [0.1, 0.15) is 5.56 Å². The lowest BCUT2D eigenvalue weighted by Crippen LogP contribution is -1.82. The van der Waals surface area contributed by atoms with Crippen LogP contribution in [0.4, 0.5) is 0 Å². The van der Waals surface area contributed by atoms with Gasteiger partial charge in [-0.25, -0.2) is 4.98 Å². The number of nitrogens with zero attached hydrogens (tertiary/aromatic N) is 2. The molecule has 2 aromatic carbocycles. The zero-order valence-corrected chi connectivity index (χ0v) is 12.0. The number of aryl methyl sites for hydroxylation is 1. The zero-order chi connectivity index (χ0) is 13.2. The van der Waals surface area contributed by atoms with E-state index in [4.69, 9.17) is 0 Å². The van der Waals surface area contributed by atoms with E-state index >= 15 is 0 Å². The molecule has 1 N–H and O–H groups in total. The lowest BCUT2D eigenvalue weighted by Gasteiger charge is -1.97. The first kappa shape index (κ1) is 12.1. The summed E-state index contributed by atoms with van der Waals surface area (Å²) in [6.45, 7) is 2.07. The van der Waals surface area contributed by atoms with Crippen LogP contribution in [0, 0.1) is 6.92 Å². The fourth-order valence-electron chi connectivity index (χ4n) is 1.86. The molecule has 1 heterocycles. The second-order valence-electron chi connectivity index (χ2n) is 4.38. The molecular weight excluding hydrogens is 302 g/mol.